The number of hydrogen-bond donors (Lipinski definition) is 1. The van der Waals surface area contributed by atoms with Gasteiger partial charge in [-0.1, -0.05) is 58.2 Å². The van der Waals surface area contributed by atoms with E-state index in [1.165, 1.54) is 24.8 Å². The zero-order chi connectivity index (χ0) is 25.4. The van der Waals surface area contributed by atoms with Gasteiger partial charge in [0.05, 0.1) is 5.56 Å². The minimum atomic E-state index is -4.34. The summed E-state index contributed by atoms with van der Waals surface area (Å²) in [6.07, 6.45) is -1.50. The molecule has 0 radical (unpaired) electrons. The van der Waals surface area contributed by atoms with Crippen LogP contribution in [-0.2, 0) is 18.9 Å². The molecule has 190 valence electrons. The zero-order valence-corrected chi connectivity index (χ0v) is 19.9. The van der Waals surface area contributed by atoms with Crippen LogP contribution in [0.2, 0.25) is 0 Å². The molecule has 1 unspecified atom stereocenters. The van der Waals surface area contributed by atoms with Crippen LogP contribution in [0.3, 0.4) is 0 Å². The number of hydrogen-bond acceptors (Lipinski definition) is 2. The quantitative estimate of drug-likeness (QED) is 0.327. The number of pyridine rings is 1. The summed E-state index contributed by atoms with van der Waals surface area (Å²) in [5.41, 5.74) is 0.431. The van der Waals surface area contributed by atoms with Gasteiger partial charge < -0.3 is 5.32 Å². The predicted molar refractivity (Wildman–Crippen MR) is 122 cm³/mol. The van der Waals surface area contributed by atoms with Crippen LogP contribution in [0.15, 0.2) is 42.6 Å². The van der Waals surface area contributed by atoms with Gasteiger partial charge >= 0.3 is 12.4 Å². The van der Waals surface area contributed by atoms with Gasteiger partial charge in [0.1, 0.15) is 5.69 Å². The fourth-order valence-corrected chi connectivity index (χ4v) is 4.04. The topological polar surface area (TPSA) is 24.9 Å². The van der Waals surface area contributed by atoms with Crippen molar-refractivity contribution in [2.75, 3.05) is 6.54 Å². The van der Waals surface area contributed by atoms with Crippen LogP contribution in [0.1, 0.15) is 81.2 Å². The molecule has 0 amide bonds. The molecule has 8 heteroatoms. The minimum Gasteiger partial charge on any atom is -0.313 e. The van der Waals surface area contributed by atoms with Crippen LogP contribution < -0.4 is 5.32 Å². The van der Waals surface area contributed by atoms with Gasteiger partial charge in [0.2, 0.25) is 0 Å². The smallest absolute Gasteiger partial charge is 0.313 e. The summed E-state index contributed by atoms with van der Waals surface area (Å²) in [5, 5.41) is 3.21. The van der Waals surface area contributed by atoms with E-state index in [9.17, 15) is 26.3 Å². The fraction of sp³-hybridized carbons (Fsp3) is 0.577. The summed E-state index contributed by atoms with van der Waals surface area (Å²) in [4.78, 5) is 3.53. The maximum Gasteiger partial charge on any atom is 0.433 e. The molecule has 1 aromatic carbocycles. The molecule has 0 aliphatic heterocycles. The molecule has 1 fully saturated rings. The van der Waals surface area contributed by atoms with Gasteiger partial charge in [-0.25, -0.2) is 0 Å². The Hall–Kier alpha value is -2.09. The second-order valence-corrected chi connectivity index (χ2v) is 9.40. The molecule has 34 heavy (non-hydrogen) atoms. The van der Waals surface area contributed by atoms with E-state index in [2.05, 4.69) is 31.1 Å². The van der Waals surface area contributed by atoms with Gasteiger partial charge in [0.15, 0.2) is 0 Å². The summed E-state index contributed by atoms with van der Waals surface area (Å²) >= 11 is 0. The highest BCUT2D eigenvalue weighted by Gasteiger charge is 2.33. The lowest BCUT2D eigenvalue weighted by Gasteiger charge is -2.28. The van der Waals surface area contributed by atoms with Crippen LogP contribution in [-0.4, -0.2) is 11.5 Å². The van der Waals surface area contributed by atoms with Crippen LogP contribution >= 0.6 is 0 Å². The molecule has 0 saturated heterocycles. The third kappa shape index (κ3) is 9.28. The molecule has 0 bridgehead atoms. The number of benzene rings is 1. The Morgan fingerprint density at radius 3 is 2.06 bits per heavy atom. The highest BCUT2D eigenvalue weighted by Crippen LogP contribution is 2.38. The van der Waals surface area contributed by atoms with Crippen molar-refractivity contribution in [3.05, 3.63) is 65.0 Å². The van der Waals surface area contributed by atoms with Gasteiger partial charge in [0.25, 0.3) is 0 Å². The zero-order valence-electron chi connectivity index (χ0n) is 19.9. The second kappa shape index (κ2) is 12.6. The number of nitrogens with one attached hydrogen (secondary N) is 1. The van der Waals surface area contributed by atoms with E-state index in [4.69, 9.17) is 0 Å². The van der Waals surface area contributed by atoms with Gasteiger partial charge in [-0.2, -0.15) is 26.3 Å². The van der Waals surface area contributed by atoms with Crippen molar-refractivity contribution < 1.29 is 26.3 Å². The molecule has 1 heterocycles. The first-order valence-corrected chi connectivity index (χ1v) is 11.8. The molecule has 0 spiro atoms. The molecular weight excluding hydrogens is 454 g/mol. The van der Waals surface area contributed by atoms with Crippen LogP contribution in [0.5, 0.6) is 0 Å². The van der Waals surface area contributed by atoms with Crippen molar-refractivity contribution in [3.63, 3.8) is 0 Å². The van der Waals surface area contributed by atoms with Crippen molar-refractivity contribution in [3.8, 4) is 0 Å². The molecule has 1 aliphatic rings. The third-order valence-corrected chi connectivity index (χ3v) is 6.13. The normalized spacial score (nSPS) is 19.0. The SMILES string of the molecule is CC(C)CCNCc1ccc(C(F)(F)F)cc1.C[C@H]1CCCCC1c1ccc(C(F)(F)F)nc1. The average Bonchev–Trinajstić information content (AvgIpc) is 2.77. The van der Waals surface area contributed by atoms with Crippen molar-refractivity contribution in [2.24, 2.45) is 11.8 Å². The predicted octanol–water partition coefficient (Wildman–Crippen LogP) is 8.24. The van der Waals surface area contributed by atoms with E-state index in [0.29, 0.717) is 24.3 Å². The highest BCUT2D eigenvalue weighted by atomic mass is 19.4. The van der Waals surface area contributed by atoms with E-state index < -0.39 is 23.6 Å². The monoisotopic (exact) mass is 488 g/mol. The maximum atomic E-state index is 12.4. The molecule has 2 aromatic rings. The molecule has 2 atom stereocenters. The van der Waals surface area contributed by atoms with Crippen molar-refractivity contribution in [2.45, 2.75) is 77.7 Å². The van der Waals surface area contributed by atoms with E-state index in [1.807, 2.05) is 0 Å². The van der Waals surface area contributed by atoms with Gasteiger partial charge in [0, 0.05) is 12.7 Å². The largest absolute Gasteiger partial charge is 0.433 e. The lowest BCUT2D eigenvalue weighted by atomic mass is 9.77. The Bertz CT molecular complexity index is 842. The molecule has 2 nitrogen and oxygen atoms in total. The minimum absolute atomic E-state index is 0.374. The van der Waals surface area contributed by atoms with Crippen molar-refractivity contribution in [1.29, 1.82) is 0 Å². The first kappa shape index (κ1) is 28.1. The van der Waals surface area contributed by atoms with E-state index in [1.54, 1.807) is 6.07 Å². The molecule has 1 saturated carbocycles. The summed E-state index contributed by atoms with van der Waals surface area (Å²) in [6, 6.07) is 7.97. The molecule has 1 N–H and O–H groups in total. The number of alkyl halides is 6. The third-order valence-electron chi connectivity index (χ3n) is 6.13. The standard InChI is InChI=1S/C13H16F3N.C13H18F3N/c1-9-4-2-3-5-11(9)10-6-7-12(17-8-10)13(14,15)16;1-10(2)7-8-17-9-11-3-5-12(6-4-11)13(14,15)16/h6-9,11H,2-5H2,1H3;3-6,10,17H,7-9H2,1-2H3/t9-,11?;/m0./s1. The van der Waals surface area contributed by atoms with Gasteiger partial charge in [-0.05, 0) is 66.5 Å². The van der Waals surface area contributed by atoms with Crippen molar-refractivity contribution >= 4 is 0 Å². The molecular formula is C26H34F6N2. The number of rotatable bonds is 6. The second-order valence-electron chi connectivity index (χ2n) is 9.40. The van der Waals surface area contributed by atoms with Crippen LogP contribution in [0, 0.1) is 11.8 Å². The highest BCUT2D eigenvalue weighted by molar-refractivity contribution is 5.24. The van der Waals surface area contributed by atoms with Gasteiger partial charge in [-0.3, -0.25) is 4.98 Å². The lowest BCUT2D eigenvalue weighted by molar-refractivity contribution is -0.141. The van der Waals surface area contributed by atoms with E-state index >= 15 is 0 Å². The lowest BCUT2D eigenvalue weighted by Crippen LogP contribution is -2.16. The van der Waals surface area contributed by atoms with Crippen LogP contribution in [0.25, 0.3) is 0 Å². The molecule has 1 aliphatic carbocycles. The summed E-state index contributed by atoms with van der Waals surface area (Å²) < 4.78 is 74.0. The number of halogens is 6. The average molecular weight is 489 g/mol. The first-order chi connectivity index (χ1) is 15.9. The van der Waals surface area contributed by atoms with Crippen LogP contribution in [0.4, 0.5) is 26.3 Å². The fourth-order valence-electron chi connectivity index (χ4n) is 4.04. The Morgan fingerprint density at radius 2 is 1.56 bits per heavy atom. The van der Waals surface area contributed by atoms with E-state index in [0.717, 1.165) is 61.6 Å². The number of aromatic nitrogens is 1. The van der Waals surface area contributed by atoms with Crippen molar-refractivity contribution in [1.82, 2.24) is 10.3 Å². The Balaban J connectivity index is 0.000000240. The summed E-state index contributed by atoms with van der Waals surface area (Å²) in [5.74, 6) is 1.55. The van der Waals surface area contributed by atoms with E-state index in [-0.39, 0.29) is 0 Å². The Kier molecular flexibility index (Phi) is 10.4. The summed E-state index contributed by atoms with van der Waals surface area (Å²) in [7, 11) is 0. The van der Waals surface area contributed by atoms with Gasteiger partial charge in [-0.15, -0.1) is 0 Å². The molecule has 3 rings (SSSR count). The number of nitrogens with zero attached hydrogens (tertiary/aromatic N) is 1. The Labute approximate surface area is 198 Å². The maximum absolute atomic E-state index is 12.4. The molecule has 1 aromatic heterocycles. The Morgan fingerprint density at radius 1 is 0.912 bits per heavy atom. The first-order valence-electron chi connectivity index (χ1n) is 11.8. The summed E-state index contributed by atoms with van der Waals surface area (Å²) in [6.45, 7) is 7.95.